The minimum absolute atomic E-state index is 0.248. The number of halogens is 1. The Hall–Kier alpha value is -1.38. The van der Waals surface area contributed by atoms with Crippen molar-refractivity contribution in [3.05, 3.63) is 64.4 Å². The minimum atomic E-state index is 0.248. The Bertz CT molecular complexity index is 537. The van der Waals surface area contributed by atoms with Gasteiger partial charge >= 0.3 is 0 Å². The standard InChI is InChI=1S/C17H21ClN2/c1-3-14-6-5-11-20-17(14)16(19-4-2)12-13-7-9-15(18)10-8-13/h5-11,16,19H,3-4,12H2,1-2H3. The van der Waals surface area contributed by atoms with Crippen LogP contribution in [0.5, 0.6) is 0 Å². The van der Waals surface area contributed by atoms with Crippen molar-refractivity contribution in [3.63, 3.8) is 0 Å². The largest absolute Gasteiger partial charge is 0.309 e. The molecule has 2 aromatic rings. The Labute approximate surface area is 126 Å². The molecule has 0 aliphatic rings. The van der Waals surface area contributed by atoms with E-state index >= 15 is 0 Å². The lowest BCUT2D eigenvalue weighted by Crippen LogP contribution is -2.25. The van der Waals surface area contributed by atoms with Gasteiger partial charge in [-0.3, -0.25) is 4.98 Å². The van der Waals surface area contributed by atoms with Gasteiger partial charge in [-0.2, -0.15) is 0 Å². The van der Waals surface area contributed by atoms with Crippen molar-refractivity contribution in [2.75, 3.05) is 6.54 Å². The molecule has 1 atom stereocenters. The molecular formula is C17H21ClN2. The Morgan fingerprint density at radius 1 is 1.15 bits per heavy atom. The summed E-state index contributed by atoms with van der Waals surface area (Å²) in [6.07, 6.45) is 3.81. The molecule has 106 valence electrons. The number of hydrogen-bond acceptors (Lipinski definition) is 2. The van der Waals surface area contributed by atoms with Crippen LogP contribution in [0.2, 0.25) is 5.02 Å². The van der Waals surface area contributed by atoms with E-state index < -0.39 is 0 Å². The summed E-state index contributed by atoms with van der Waals surface area (Å²) in [5.74, 6) is 0. The molecule has 0 aliphatic carbocycles. The molecule has 20 heavy (non-hydrogen) atoms. The number of aryl methyl sites for hydroxylation is 1. The molecule has 1 aromatic carbocycles. The average molecular weight is 289 g/mol. The van der Waals surface area contributed by atoms with E-state index in [0.717, 1.165) is 30.1 Å². The maximum absolute atomic E-state index is 5.95. The van der Waals surface area contributed by atoms with Gasteiger partial charge in [-0.25, -0.2) is 0 Å². The number of hydrogen-bond donors (Lipinski definition) is 1. The van der Waals surface area contributed by atoms with Crippen LogP contribution in [-0.2, 0) is 12.8 Å². The van der Waals surface area contributed by atoms with Crippen molar-refractivity contribution >= 4 is 11.6 Å². The topological polar surface area (TPSA) is 24.9 Å². The monoisotopic (exact) mass is 288 g/mol. The molecule has 0 bridgehead atoms. The first-order valence-corrected chi connectivity index (χ1v) is 7.54. The highest BCUT2D eigenvalue weighted by Gasteiger charge is 2.15. The van der Waals surface area contributed by atoms with Gasteiger partial charge in [0.2, 0.25) is 0 Å². The first-order valence-electron chi connectivity index (χ1n) is 7.16. The summed E-state index contributed by atoms with van der Waals surface area (Å²) in [6.45, 7) is 5.23. The summed E-state index contributed by atoms with van der Waals surface area (Å²) in [4.78, 5) is 4.59. The molecule has 1 aromatic heterocycles. The van der Waals surface area contributed by atoms with E-state index in [1.807, 2.05) is 24.4 Å². The van der Waals surface area contributed by atoms with E-state index in [1.165, 1.54) is 11.1 Å². The number of rotatable bonds is 6. The molecule has 0 radical (unpaired) electrons. The van der Waals surface area contributed by atoms with Crippen LogP contribution in [0.3, 0.4) is 0 Å². The second kappa shape index (κ2) is 7.41. The maximum atomic E-state index is 5.95. The zero-order valence-corrected chi connectivity index (χ0v) is 12.8. The smallest absolute Gasteiger partial charge is 0.0608 e. The van der Waals surface area contributed by atoms with Crippen LogP contribution < -0.4 is 5.32 Å². The van der Waals surface area contributed by atoms with Crippen LogP contribution in [0.4, 0.5) is 0 Å². The minimum Gasteiger partial charge on any atom is -0.309 e. The molecule has 2 nitrogen and oxygen atoms in total. The third kappa shape index (κ3) is 3.81. The van der Waals surface area contributed by atoms with Gasteiger partial charge in [0.05, 0.1) is 11.7 Å². The van der Waals surface area contributed by atoms with Gasteiger partial charge in [0.25, 0.3) is 0 Å². The van der Waals surface area contributed by atoms with Gasteiger partial charge in [-0.15, -0.1) is 0 Å². The lowest BCUT2D eigenvalue weighted by atomic mass is 9.98. The molecule has 1 N–H and O–H groups in total. The fraction of sp³-hybridized carbons (Fsp3) is 0.353. The predicted octanol–water partition coefficient (Wildman–Crippen LogP) is 4.19. The molecule has 0 saturated carbocycles. The van der Waals surface area contributed by atoms with Crippen LogP contribution in [-0.4, -0.2) is 11.5 Å². The normalized spacial score (nSPS) is 12.3. The average Bonchev–Trinajstić information content (AvgIpc) is 2.49. The highest BCUT2D eigenvalue weighted by molar-refractivity contribution is 6.30. The van der Waals surface area contributed by atoms with E-state index in [0.29, 0.717) is 0 Å². The molecule has 0 amide bonds. The zero-order chi connectivity index (χ0) is 14.4. The SMILES string of the molecule is CCNC(Cc1ccc(Cl)cc1)c1ncccc1CC. The van der Waals surface area contributed by atoms with Crippen molar-refractivity contribution in [1.82, 2.24) is 10.3 Å². The highest BCUT2D eigenvalue weighted by atomic mass is 35.5. The van der Waals surface area contributed by atoms with Gasteiger partial charge < -0.3 is 5.32 Å². The van der Waals surface area contributed by atoms with Crippen molar-refractivity contribution in [3.8, 4) is 0 Å². The Balaban J connectivity index is 2.24. The molecule has 0 spiro atoms. The summed E-state index contributed by atoms with van der Waals surface area (Å²) in [7, 11) is 0. The van der Waals surface area contributed by atoms with E-state index in [-0.39, 0.29) is 6.04 Å². The zero-order valence-electron chi connectivity index (χ0n) is 12.1. The molecule has 1 heterocycles. The second-order valence-electron chi connectivity index (χ2n) is 4.84. The molecule has 0 fully saturated rings. The Kier molecular flexibility index (Phi) is 5.57. The van der Waals surface area contributed by atoms with Crippen molar-refractivity contribution in [2.24, 2.45) is 0 Å². The number of aromatic nitrogens is 1. The van der Waals surface area contributed by atoms with E-state index in [1.54, 1.807) is 0 Å². The van der Waals surface area contributed by atoms with Crippen LogP contribution in [0.25, 0.3) is 0 Å². The van der Waals surface area contributed by atoms with Crippen LogP contribution in [0.1, 0.15) is 36.7 Å². The van der Waals surface area contributed by atoms with Crippen molar-refractivity contribution in [1.29, 1.82) is 0 Å². The summed E-state index contributed by atoms with van der Waals surface area (Å²) in [6, 6.07) is 12.5. The van der Waals surface area contributed by atoms with Crippen LogP contribution in [0, 0.1) is 0 Å². The van der Waals surface area contributed by atoms with Gasteiger partial charge in [-0.1, -0.05) is 43.6 Å². The molecular weight excluding hydrogens is 268 g/mol. The number of pyridine rings is 1. The summed E-state index contributed by atoms with van der Waals surface area (Å²) in [5.41, 5.74) is 3.74. The Morgan fingerprint density at radius 2 is 1.90 bits per heavy atom. The Morgan fingerprint density at radius 3 is 2.55 bits per heavy atom. The number of benzene rings is 1. The number of nitrogens with zero attached hydrogens (tertiary/aromatic N) is 1. The number of likely N-dealkylation sites (N-methyl/N-ethyl adjacent to an activating group) is 1. The number of nitrogens with one attached hydrogen (secondary N) is 1. The first-order chi connectivity index (χ1) is 9.74. The van der Waals surface area contributed by atoms with Crippen molar-refractivity contribution in [2.45, 2.75) is 32.7 Å². The van der Waals surface area contributed by atoms with E-state index in [9.17, 15) is 0 Å². The fourth-order valence-electron chi connectivity index (χ4n) is 2.43. The van der Waals surface area contributed by atoms with Gasteiger partial charge in [0.15, 0.2) is 0 Å². The van der Waals surface area contributed by atoms with Crippen LogP contribution >= 0.6 is 11.6 Å². The maximum Gasteiger partial charge on any atom is 0.0608 e. The molecule has 0 aliphatic heterocycles. The predicted molar refractivity (Wildman–Crippen MR) is 85.2 cm³/mol. The summed E-state index contributed by atoms with van der Waals surface area (Å²) < 4.78 is 0. The lowest BCUT2D eigenvalue weighted by molar-refractivity contribution is 0.532. The van der Waals surface area contributed by atoms with Gasteiger partial charge in [-0.05, 0) is 48.7 Å². The quantitative estimate of drug-likeness (QED) is 0.862. The summed E-state index contributed by atoms with van der Waals surface area (Å²) in [5, 5.41) is 4.32. The van der Waals surface area contributed by atoms with Gasteiger partial charge in [0, 0.05) is 11.2 Å². The second-order valence-corrected chi connectivity index (χ2v) is 5.28. The molecule has 3 heteroatoms. The van der Waals surface area contributed by atoms with E-state index in [4.69, 9.17) is 11.6 Å². The summed E-state index contributed by atoms with van der Waals surface area (Å²) >= 11 is 5.95. The fourth-order valence-corrected chi connectivity index (χ4v) is 2.56. The first kappa shape index (κ1) is 15.0. The third-order valence-corrected chi connectivity index (χ3v) is 3.69. The van der Waals surface area contributed by atoms with Gasteiger partial charge in [0.1, 0.15) is 0 Å². The molecule has 2 rings (SSSR count). The van der Waals surface area contributed by atoms with Crippen LogP contribution in [0.15, 0.2) is 42.6 Å². The van der Waals surface area contributed by atoms with E-state index in [2.05, 4.69) is 42.3 Å². The van der Waals surface area contributed by atoms with Crippen molar-refractivity contribution < 1.29 is 0 Å². The highest BCUT2D eigenvalue weighted by Crippen LogP contribution is 2.21. The molecule has 0 saturated heterocycles. The lowest BCUT2D eigenvalue weighted by Gasteiger charge is -2.20. The third-order valence-electron chi connectivity index (χ3n) is 3.44. The molecule has 1 unspecified atom stereocenters.